The maximum absolute atomic E-state index is 3.49. The third-order valence-corrected chi connectivity index (χ3v) is 3.53. The van der Waals surface area contributed by atoms with E-state index in [9.17, 15) is 0 Å². The number of hydrogen-bond acceptors (Lipinski definition) is 1. The highest BCUT2D eigenvalue weighted by Crippen LogP contribution is 2.15. The predicted octanol–water partition coefficient (Wildman–Crippen LogP) is 4.86. The van der Waals surface area contributed by atoms with Crippen molar-refractivity contribution in [3.05, 3.63) is 30.3 Å². The first kappa shape index (κ1) is 14.6. The molecule has 0 N–H and O–H groups in total. The van der Waals surface area contributed by atoms with Crippen molar-refractivity contribution in [2.24, 2.45) is 0 Å². The summed E-state index contributed by atoms with van der Waals surface area (Å²) in [5, 5.41) is 1.13. The first-order chi connectivity index (χ1) is 8.38. The highest BCUT2D eigenvalue weighted by molar-refractivity contribution is 9.09. The van der Waals surface area contributed by atoms with Gasteiger partial charge >= 0.3 is 0 Å². The minimum Gasteiger partial charge on any atom is -0.372 e. The second-order valence-electron chi connectivity index (χ2n) is 4.43. The van der Waals surface area contributed by atoms with Crippen molar-refractivity contribution in [1.29, 1.82) is 0 Å². The minimum absolute atomic E-state index is 1.13. The van der Waals surface area contributed by atoms with Crippen LogP contribution in [-0.2, 0) is 0 Å². The molecule has 0 heterocycles. The van der Waals surface area contributed by atoms with Crippen molar-refractivity contribution >= 4 is 21.6 Å². The van der Waals surface area contributed by atoms with E-state index >= 15 is 0 Å². The van der Waals surface area contributed by atoms with E-state index in [-0.39, 0.29) is 0 Å². The van der Waals surface area contributed by atoms with Gasteiger partial charge in [-0.1, -0.05) is 53.9 Å². The molecule has 0 aliphatic carbocycles. The summed E-state index contributed by atoms with van der Waals surface area (Å²) in [6, 6.07) is 10.8. The van der Waals surface area contributed by atoms with Crippen LogP contribution in [-0.4, -0.2) is 18.4 Å². The van der Waals surface area contributed by atoms with E-state index < -0.39 is 0 Å². The second kappa shape index (κ2) is 9.52. The van der Waals surface area contributed by atoms with Crippen LogP contribution in [0.1, 0.15) is 39.0 Å². The molecule has 0 unspecified atom stereocenters. The van der Waals surface area contributed by atoms with E-state index in [1.54, 1.807) is 0 Å². The van der Waals surface area contributed by atoms with Gasteiger partial charge in [0.2, 0.25) is 0 Å². The molecule has 0 fully saturated rings. The topological polar surface area (TPSA) is 3.24 Å². The quantitative estimate of drug-likeness (QED) is 0.465. The van der Waals surface area contributed by atoms with Crippen molar-refractivity contribution in [2.45, 2.75) is 39.0 Å². The lowest BCUT2D eigenvalue weighted by Crippen LogP contribution is -2.25. The molecule has 1 aromatic rings. The van der Waals surface area contributed by atoms with Crippen LogP contribution < -0.4 is 4.90 Å². The van der Waals surface area contributed by atoms with Gasteiger partial charge in [-0.25, -0.2) is 0 Å². The number of hydrogen-bond donors (Lipinski definition) is 0. The zero-order valence-corrected chi connectivity index (χ0v) is 12.5. The van der Waals surface area contributed by atoms with Crippen molar-refractivity contribution in [2.75, 3.05) is 23.3 Å². The van der Waals surface area contributed by atoms with E-state index in [0.717, 1.165) is 5.33 Å². The molecule has 1 nitrogen and oxygen atoms in total. The number of para-hydroxylation sites is 1. The smallest absolute Gasteiger partial charge is 0.0366 e. The van der Waals surface area contributed by atoms with Gasteiger partial charge in [0.1, 0.15) is 0 Å². The molecule has 0 aliphatic heterocycles. The van der Waals surface area contributed by atoms with Gasteiger partial charge in [0.25, 0.3) is 0 Å². The summed E-state index contributed by atoms with van der Waals surface area (Å²) < 4.78 is 0. The highest BCUT2D eigenvalue weighted by atomic mass is 79.9. The SMILES string of the molecule is CCCCN(CCCCCBr)c1ccccc1. The van der Waals surface area contributed by atoms with E-state index in [2.05, 4.69) is 58.1 Å². The number of halogens is 1. The number of benzene rings is 1. The molecule has 1 rings (SSSR count). The molecule has 0 aliphatic rings. The van der Waals surface area contributed by atoms with Crippen molar-refractivity contribution < 1.29 is 0 Å². The Labute approximate surface area is 114 Å². The lowest BCUT2D eigenvalue weighted by atomic mass is 10.2. The molecule has 96 valence electrons. The molecule has 0 saturated heterocycles. The molecule has 2 heteroatoms. The molecule has 0 amide bonds. The van der Waals surface area contributed by atoms with Gasteiger partial charge in [-0.3, -0.25) is 0 Å². The average molecular weight is 298 g/mol. The molecular formula is C15H24BrN. The molecule has 1 aromatic carbocycles. The van der Waals surface area contributed by atoms with Crippen LogP contribution in [0.25, 0.3) is 0 Å². The van der Waals surface area contributed by atoms with Crippen LogP contribution in [0.3, 0.4) is 0 Å². The van der Waals surface area contributed by atoms with Crippen LogP contribution >= 0.6 is 15.9 Å². The molecule has 0 saturated carbocycles. The Balaban J connectivity index is 2.43. The molecule has 0 spiro atoms. The van der Waals surface area contributed by atoms with E-state index in [0.29, 0.717) is 0 Å². The van der Waals surface area contributed by atoms with Gasteiger partial charge in [-0.05, 0) is 31.4 Å². The molecule has 0 radical (unpaired) electrons. The summed E-state index contributed by atoms with van der Waals surface area (Å²) in [5.74, 6) is 0. The van der Waals surface area contributed by atoms with E-state index in [4.69, 9.17) is 0 Å². The molecule has 17 heavy (non-hydrogen) atoms. The van der Waals surface area contributed by atoms with Gasteiger partial charge in [0, 0.05) is 24.1 Å². The molecule has 0 aromatic heterocycles. The number of rotatable bonds is 9. The van der Waals surface area contributed by atoms with E-state index in [1.807, 2.05) is 0 Å². The average Bonchev–Trinajstić information content (AvgIpc) is 2.39. The van der Waals surface area contributed by atoms with Gasteiger partial charge in [0.15, 0.2) is 0 Å². The third-order valence-electron chi connectivity index (χ3n) is 2.96. The van der Waals surface area contributed by atoms with Crippen LogP contribution in [0.2, 0.25) is 0 Å². The Morgan fingerprint density at radius 2 is 1.65 bits per heavy atom. The second-order valence-corrected chi connectivity index (χ2v) is 5.22. The third kappa shape index (κ3) is 6.11. The van der Waals surface area contributed by atoms with Crippen LogP contribution in [0, 0.1) is 0 Å². The van der Waals surface area contributed by atoms with Crippen molar-refractivity contribution in [1.82, 2.24) is 0 Å². The van der Waals surface area contributed by atoms with Crippen LogP contribution in [0.5, 0.6) is 0 Å². The Morgan fingerprint density at radius 1 is 0.941 bits per heavy atom. The van der Waals surface area contributed by atoms with Gasteiger partial charge in [0.05, 0.1) is 0 Å². The Morgan fingerprint density at radius 3 is 2.29 bits per heavy atom. The summed E-state index contributed by atoms with van der Waals surface area (Å²) in [7, 11) is 0. The zero-order valence-electron chi connectivity index (χ0n) is 10.9. The summed E-state index contributed by atoms with van der Waals surface area (Å²) in [5.41, 5.74) is 1.37. The standard InChI is InChI=1S/C15H24BrN/c1-2-3-13-17(14-9-5-8-12-16)15-10-6-4-7-11-15/h4,6-7,10-11H,2-3,5,8-9,12-14H2,1H3. The fraction of sp³-hybridized carbons (Fsp3) is 0.600. The number of alkyl halides is 1. The fourth-order valence-electron chi connectivity index (χ4n) is 1.93. The largest absolute Gasteiger partial charge is 0.372 e. The maximum Gasteiger partial charge on any atom is 0.0366 e. The highest BCUT2D eigenvalue weighted by Gasteiger charge is 2.04. The van der Waals surface area contributed by atoms with Gasteiger partial charge < -0.3 is 4.90 Å². The van der Waals surface area contributed by atoms with Gasteiger partial charge in [-0.15, -0.1) is 0 Å². The zero-order chi connectivity index (χ0) is 12.3. The van der Waals surface area contributed by atoms with Crippen molar-refractivity contribution in [3.63, 3.8) is 0 Å². The summed E-state index contributed by atoms with van der Waals surface area (Å²) in [4.78, 5) is 2.53. The van der Waals surface area contributed by atoms with Crippen molar-refractivity contribution in [3.8, 4) is 0 Å². The lowest BCUT2D eigenvalue weighted by molar-refractivity contribution is 0.655. The lowest BCUT2D eigenvalue weighted by Gasteiger charge is -2.24. The Hall–Kier alpha value is -0.500. The summed E-state index contributed by atoms with van der Waals surface area (Å²) in [6.07, 6.45) is 6.46. The minimum atomic E-state index is 1.13. The van der Waals surface area contributed by atoms with E-state index in [1.165, 1.54) is 50.9 Å². The Kier molecular flexibility index (Phi) is 8.16. The maximum atomic E-state index is 3.49. The molecule has 0 bridgehead atoms. The number of nitrogens with zero attached hydrogens (tertiary/aromatic N) is 1. The van der Waals surface area contributed by atoms with Crippen LogP contribution in [0.15, 0.2) is 30.3 Å². The normalized spacial score (nSPS) is 10.5. The fourth-order valence-corrected chi connectivity index (χ4v) is 2.33. The van der Waals surface area contributed by atoms with Crippen LogP contribution in [0.4, 0.5) is 5.69 Å². The molecule has 0 atom stereocenters. The predicted molar refractivity (Wildman–Crippen MR) is 81.2 cm³/mol. The summed E-state index contributed by atoms with van der Waals surface area (Å²) in [6.45, 7) is 4.64. The number of unbranched alkanes of at least 4 members (excludes halogenated alkanes) is 3. The Bertz CT molecular complexity index is 274. The summed E-state index contributed by atoms with van der Waals surface area (Å²) >= 11 is 3.49. The molecular weight excluding hydrogens is 274 g/mol. The monoisotopic (exact) mass is 297 g/mol. The number of anilines is 1. The first-order valence-corrected chi connectivity index (χ1v) is 7.86. The first-order valence-electron chi connectivity index (χ1n) is 6.74. The van der Waals surface area contributed by atoms with Gasteiger partial charge in [-0.2, -0.15) is 0 Å².